The molecular weight excluding hydrogens is 218 g/mol. The summed E-state index contributed by atoms with van der Waals surface area (Å²) in [6, 6.07) is 0. The Kier molecular flexibility index (Phi) is 3.22. The second-order valence-corrected chi connectivity index (χ2v) is 6.39. The number of hydrogen-bond donors (Lipinski definition) is 0. The molecule has 1 aliphatic heterocycles. The standard InChI is InChI=1S/C12H21N3S/c1-12(2,3)10-9-16-11(13-10)15-7-5-14(4)6-8-15/h9H,5-8H2,1-4H3. The van der Waals surface area contributed by atoms with Gasteiger partial charge in [0.05, 0.1) is 5.69 Å². The highest BCUT2D eigenvalue weighted by atomic mass is 32.1. The largest absolute Gasteiger partial charge is 0.346 e. The zero-order chi connectivity index (χ0) is 11.8. The molecule has 2 heterocycles. The van der Waals surface area contributed by atoms with Crippen molar-refractivity contribution in [1.29, 1.82) is 0 Å². The SMILES string of the molecule is CN1CCN(c2nc(C(C)(C)C)cs2)CC1. The fourth-order valence-corrected chi connectivity index (χ4v) is 2.86. The first kappa shape index (κ1) is 11.9. The van der Waals surface area contributed by atoms with Gasteiger partial charge in [-0.15, -0.1) is 11.3 Å². The topological polar surface area (TPSA) is 19.4 Å². The zero-order valence-electron chi connectivity index (χ0n) is 10.7. The number of aromatic nitrogens is 1. The summed E-state index contributed by atoms with van der Waals surface area (Å²) in [5, 5.41) is 3.39. The predicted octanol–water partition coefficient (Wildman–Crippen LogP) is 2.19. The van der Waals surface area contributed by atoms with Crippen LogP contribution in [0, 0.1) is 0 Å². The summed E-state index contributed by atoms with van der Waals surface area (Å²) in [6.07, 6.45) is 0. The quantitative estimate of drug-likeness (QED) is 0.749. The molecule has 2 rings (SSSR count). The molecule has 0 bridgehead atoms. The Labute approximate surface area is 102 Å². The first-order chi connectivity index (χ1) is 7.47. The van der Waals surface area contributed by atoms with Crippen molar-refractivity contribution < 1.29 is 0 Å². The third kappa shape index (κ3) is 2.55. The Bertz CT molecular complexity index is 345. The summed E-state index contributed by atoms with van der Waals surface area (Å²) in [7, 11) is 2.18. The number of likely N-dealkylation sites (N-methyl/N-ethyl adjacent to an activating group) is 1. The van der Waals surface area contributed by atoms with Gasteiger partial charge < -0.3 is 9.80 Å². The van der Waals surface area contributed by atoms with E-state index in [9.17, 15) is 0 Å². The van der Waals surface area contributed by atoms with Crippen LogP contribution >= 0.6 is 11.3 Å². The van der Waals surface area contributed by atoms with Gasteiger partial charge in [-0.2, -0.15) is 0 Å². The Hall–Kier alpha value is -0.610. The molecule has 1 fully saturated rings. The van der Waals surface area contributed by atoms with Gasteiger partial charge in [0, 0.05) is 37.0 Å². The lowest BCUT2D eigenvalue weighted by Gasteiger charge is -2.32. The van der Waals surface area contributed by atoms with Crippen LogP contribution in [0.3, 0.4) is 0 Å². The van der Waals surface area contributed by atoms with Crippen LogP contribution in [0.15, 0.2) is 5.38 Å². The molecule has 0 unspecified atom stereocenters. The lowest BCUT2D eigenvalue weighted by molar-refractivity contribution is 0.312. The van der Waals surface area contributed by atoms with E-state index in [0.717, 1.165) is 26.2 Å². The molecule has 16 heavy (non-hydrogen) atoms. The van der Waals surface area contributed by atoms with Crippen LogP contribution < -0.4 is 4.90 Å². The molecule has 0 radical (unpaired) electrons. The first-order valence-electron chi connectivity index (χ1n) is 5.86. The summed E-state index contributed by atoms with van der Waals surface area (Å²) in [5.74, 6) is 0. The van der Waals surface area contributed by atoms with E-state index in [1.807, 2.05) is 0 Å². The third-order valence-electron chi connectivity index (χ3n) is 3.03. The minimum Gasteiger partial charge on any atom is -0.346 e. The van der Waals surface area contributed by atoms with Gasteiger partial charge in [0.2, 0.25) is 0 Å². The number of hydrogen-bond acceptors (Lipinski definition) is 4. The van der Waals surface area contributed by atoms with E-state index in [1.165, 1.54) is 10.8 Å². The Balaban J connectivity index is 2.08. The molecule has 0 aliphatic carbocycles. The van der Waals surface area contributed by atoms with Crippen LogP contribution in [0.1, 0.15) is 26.5 Å². The van der Waals surface area contributed by atoms with E-state index in [1.54, 1.807) is 11.3 Å². The maximum Gasteiger partial charge on any atom is 0.185 e. The molecular formula is C12H21N3S. The molecule has 1 aliphatic rings. The van der Waals surface area contributed by atoms with E-state index in [0.29, 0.717) is 0 Å². The van der Waals surface area contributed by atoms with E-state index in [4.69, 9.17) is 4.98 Å². The van der Waals surface area contributed by atoms with Crippen molar-refractivity contribution >= 4 is 16.5 Å². The van der Waals surface area contributed by atoms with Gasteiger partial charge in [0.25, 0.3) is 0 Å². The molecule has 1 saturated heterocycles. The lowest BCUT2D eigenvalue weighted by Crippen LogP contribution is -2.44. The van der Waals surface area contributed by atoms with Crippen LogP contribution in [0.2, 0.25) is 0 Å². The van der Waals surface area contributed by atoms with Gasteiger partial charge in [-0.3, -0.25) is 0 Å². The monoisotopic (exact) mass is 239 g/mol. The molecule has 3 nitrogen and oxygen atoms in total. The summed E-state index contributed by atoms with van der Waals surface area (Å²) in [4.78, 5) is 9.53. The third-order valence-corrected chi connectivity index (χ3v) is 3.94. The van der Waals surface area contributed by atoms with Crippen molar-refractivity contribution in [1.82, 2.24) is 9.88 Å². The van der Waals surface area contributed by atoms with Crippen molar-refractivity contribution in [3.8, 4) is 0 Å². The lowest BCUT2D eigenvalue weighted by atomic mass is 9.93. The number of nitrogens with zero attached hydrogens (tertiary/aromatic N) is 3. The Morgan fingerprint density at radius 3 is 2.31 bits per heavy atom. The summed E-state index contributed by atoms with van der Waals surface area (Å²) < 4.78 is 0. The summed E-state index contributed by atoms with van der Waals surface area (Å²) in [5.41, 5.74) is 1.38. The first-order valence-corrected chi connectivity index (χ1v) is 6.74. The molecule has 0 atom stereocenters. The second kappa shape index (κ2) is 4.34. The average molecular weight is 239 g/mol. The smallest absolute Gasteiger partial charge is 0.185 e. The molecule has 1 aromatic heterocycles. The number of thiazole rings is 1. The van der Waals surface area contributed by atoms with Gasteiger partial charge >= 0.3 is 0 Å². The minimum atomic E-state index is 0.168. The zero-order valence-corrected chi connectivity index (χ0v) is 11.5. The molecule has 0 spiro atoms. The van der Waals surface area contributed by atoms with Gasteiger partial charge in [0.1, 0.15) is 0 Å². The maximum atomic E-state index is 4.76. The van der Waals surface area contributed by atoms with E-state index >= 15 is 0 Å². The normalized spacial score (nSPS) is 19.1. The van der Waals surface area contributed by atoms with Crippen molar-refractivity contribution in [2.45, 2.75) is 26.2 Å². The van der Waals surface area contributed by atoms with Gasteiger partial charge in [-0.05, 0) is 7.05 Å². The highest BCUT2D eigenvalue weighted by Crippen LogP contribution is 2.28. The molecule has 0 saturated carbocycles. The van der Waals surface area contributed by atoms with Crippen molar-refractivity contribution in [2.75, 3.05) is 38.1 Å². The van der Waals surface area contributed by atoms with Gasteiger partial charge in [0.15, 0.2) is 5.13 Å². The van der Waals surface area contributed by atoms with Crippen LogP contribution in [0.4, 0.5) is 5.13 Å². The molecule has 0 amide bonds. The van der Waals surface area contributed by atoms with Crippen molar-refractivity contribution in [2.24, 2.45) is 0 Å². The number of anilines is 1. The second-order valence-electron chi connectivity index (χ2n) is 5.56. The Morgan fingerprint density at radius 1 is 1.19 bits per heavy atom. The summed E-state index contributed by atoms with van der Waals surface area (Å²) in [6.45, 7) is 11.2. The molecule has 4 heteroatoms. The van der Waals surface area contributed by atoms with Crippen LogP contribution in [-0.2, 0) is 5.41 Å². The van der Waals surface area contributed by atoms with Crippen LogP contribution in [0.25, 0.3) is 0 Å². The average Bonchev–Trinajstić information content (AvgIpc) is 2.67. The van der Waals surface area contributed by atoms with Crippen LogP contribution in [-0.4, -0.2) is 43.1 Å². The summed E-state index contributed by atoms with van der Waals surface area (Å²) >= 11 is 1.78. The maximum absolute atomic E-state index is 4.76. The van der Waals surface area contributed by atoms with E-state index in [-0.39, 0.29) is 5.41 Å². The van der Waals surface area contributed by atoms with Gasteiger partial charge in [-0.25, -0.2) is 4.98 Å². The predicted molar refractivity (Wildman–Crippen MR) is 70.5 cm³/mol. The molecule has 90 valence electrons. The van der Waals surface area contributed by atoms with E-state index < -0.39 is 0 Å². The highest BCUT2D eigenvalue weighted by Gasteiger charge is 2.21. The van der Waals surface area contributed by atoms with Gasteiger partial charge in [-0.1, -0.05) is 20.8 Å². The minimum absolute atomic E-state index is 0.168. The molecule has 1 aromatic rings. The number of rotatable bonds is 1. The fourth-order valence-electron chi connectivity index (χ4n) is 1.75. The van der Waals surface area contributed by atoms with Crippen molar-refractivity contribution in [3.05, 3.63) is 11.1 Å². The highest BCUT2D eigenvalue weighted by molar-refractivity contribution is 7.13. The fraction of sp³-hybridized carbons (Fsp3) is 0.750. The Morgan fingerprint density at radius 2 is 1.81 bits per heavy atom. The number of piperazine rings is 1. The van der Waals surface area contributed by atoms with Crippen molar-refractivity contribution in [3.63, 3.8) is 0 Å². The van der Waals surface area contributed by atoms with E-state index in [2.05, 4.69) is 43.0 Å². The molecule has 0 N–H and O–H groups in total. The van der Waals surface area contributed by atoms with Crippen LogP contribution in [0.5, 0.6) is 0 Å². The molecule has 0 aromatic carbocycles.